The molecule has 4 aromatic rings. The third-order valence-corrected chi connectivity index (χ3v) is 7.16. The lowest BCUT2D eigenvalue weighted by atomic mass is 9.97. The summed E-state index contributed by atoms with van der Waals surface area (Å²) in [5.41, 5.74) is 3.66. The van der Waals surface area contributed by atoms with Gasteiger partial charge in [0.2, 0.25) is 0 Å². The van der Waals surface area contributed by atoms with Gasteiger partial charge in [-0.15, -0.1) is 11.3 Å². The molecule has 2 aromatic carbocycles. The second kappa shape index (κ2) is 9.27. The highest BCUT2D eigenvalue weighted by atomic mass is 32.1. The molecular weight excluding hydrogens is 446 g/mol. The van der Waals surface area contributed by atoms with Crippen LogP contribution < -0.4 is 5.32 Å². The first-order valence-corrected chi connectivity index (χ1v) is 12.2. The summed E-state index contributed by atoms with van der Waals surface area (Å²) in [7, 11) is 0. The number of hydrogen-bond acceptors (Lipinski definition) is 5. The minimum absolute atomic E-state index is 0.0787. The van der Waals surface area contributed by atoms with Crippen LogP contribution in [0.25, 0.3) is 16.5 Å². The molecule has 0 atom stereocenters. The largest absolute Gasteiger partial charge is 0.451 e. The van der Waals surface area contributed by atoms with Gasteiger partial charge in [0.1, 0.15) is 11.3 Å². The van der Waals surface area contributed by atoms with Gasteiger partial charge in [0.15, 0.2) is 5.76 Å². The maximum Gasteiger partial charge on any atom is 0.289 e. The minimum atomic E-state index is -0.228. The van der Waals surface area contributed by atoms with Crippen molar-refractivity contribution in [3.63, 3.8) is 0 Å². The first-order valence-electron chi connectivity index (χ1n) is 11.3. The molecule has 7 heteroatoms. The molecule has 0 bridgehead atoms. The molecule has 1 aliphatic rings. The first kappa shape index (κ1) is 22.1. The van der Waals surface area contributed by atoms with Crippen molar-refractivity contribution in [1.29, 1.82) is 0 Å². The summed E-state index contributed by atoms with van der Waals surface area (Å²) in [5, 5.41) is 6.63. The molecule has 172 valence electrons. The number of amides is 2. The van der Waals surface area contributed by atoms with E-state index in [-0.39, 0.29) is 17.7 Å². The van der Waals surface area contributed by atoms with E-state index in [2.05, 4.69) is 16.9 Å². The number of hydrogen-bond donors (Lipinski definition) is 1. The van der Waals surface area contributed by atoms with Crippen molar-refractivity contribution >= 4 is 45.4 Å². The van der Waals surface area contributed by atoms with Gasteiger partial charge < -0.3 is 14.6 Å². The van der Waals surface area contributed by atoms with Crippen LogP contribution >= 0.6 is 11.3 Å². The van der Waals surface area contributed by atoms with Crippen molar-refractivity contribution in [3.8, 4) is 0 Å². The molecule has 1 saturated heterocycles. The molecule has 1 N–H and O–H groups in total. The molecule has 1 aliphatic heterocycles. The Morgan fingerprint density at radius 3 is 2.62 bits per heavy atom. The maximum absolute atomic E-state index is 12.9. The fraction of sp³-hybridized carbons (Fsp3) is 0.222. The third-order valence-electron chi connectivity index (χ3n) is 6.16. The van der Waals surface area contributed by atoms with E-state index >= 15 is 0 Å². The Morgan fingerprint density at radius 1 is 1.12 bits per heavy atom. The highest BCUT2D eigenvalue weighted by molar-refractivity contribution is 7.10. The van der Waals surface area contributed by atoms with Crippen LogP contribution in [0.5, 0.6) is 0 Å². The lowest BCUT2D eigenvalue weighted by Crippen LogP contribution is -2.37. The fourth-order valence-electron chi connectivity index (χ4n) is 4.30. The smallest absolute Gasteiger partial charge is 0.289 e. The monoisotopic (exact) mass is 471 g/mol. The predicted molar refractivity (Wildman–Crippen MR) is 135 cm³/mol. The van der Waals surface area contributed by atoms with Crippen molar-refractivity contribution in [2.24, 2.45) is 0 Å². The fourth-order valence-corrected chi connectivity index (χ4v) is 5.27. The van der Waals surface area contributed by atoms with Crippen molar-refractivity contribution in [1.82, 2.24) is 9.88 Å². The Morgan fingerprint density at radius 2 is 1.85 bits per heavy atom. The van der Waals surface area contributed by atoms with Crippen LogP contribution in [0.2, 0.25) is 0 Å². The summed E-state index contributed by atoms with van der Waals surface area (Å²) in [4.78, 5) is 32.2. The number of para-hydroxylation sites is 2. The molecule has 0 radical (unpaired) electrons. The molecule has 3 heterocycles. The van der Waals surface area contributed by atoms with Gasteiger partial charge in [-0.05, 0) is 43.5 Å². The number of fused-ring (bicyclic) bond motifs is 1. The normalized spacial score (nSPS) is 14.3. The molecule has 2 aromatic heterocycles. The van der Waals surface area contributed by atoms with Crippen LogP contribution in [0, 0.1) is 0 Å². The van der Waals surface area contributed by atoms with Crippen LogP contribution in [0.1, 0.15) is 57.3 Å². The van der Waals surface area contributed by atoms with Crippen molar-refractivity contribution in [2.75, 3.05) is 18.4 Å². The van der Waals surface area contributed by atoms with Gasteiger partial charge in [0, 0.05) is 41.0 Å². The number of aromatic nitrogens is 1. The summed E-state index contributed by atoms with van der Waals surface area (Å²) in [6.45, 7) is 7.16. The average molecular weight is 472 g/mol. The average Bonchev–Trinajstić information content (AvgIpc) is 3.52. The van der Waals surface area contributed by atoms with E-state index in [4.69, 9.17) is 4.42 Å². The molecule has 34 heavy (non-hydrogen) atoms. The second-order valence-corrected chi connectivity index (χ2v) is 9.46. The summed E-state index contributed by atoms with van der Waals surface area (Å²) in [5.74, 6) is 0.301. The zero-order chi connectivity index (χ0) is 23.7. The van der Waals surface area contributed by atoms with Gasteiger partial charge in [-0.1, -0.05) is 43.0 Å². The molecular formula is C27H25N3O3S. The van der Waals surface area contributed by atoms with Crippen LogP contribution in [0.3, 0.4) is 0 Å². The minimum Gasteiger partial charge on any atom is -0.451 e. The van der Waals surface area contributed by atoms with Crippen LogP contribution in [-0.4, -0.2) is 34.8 Å². The van der Waals surface area contributed by atoms with E-state index in [1.165, 1.54) is 11.3 Å². The van der Waals surface area contributed by atoms with E-state index in [1.807, 2.05) is 66.4 Å². The second-order valence-electron chi connectivity index (χ2n) is 8.57. The van der Waals surface area contributed by atoms with Crippen molar-refractivity contribution in [3.05, 3.63) is 88.6 Å². The van der Waals surface area contributed by atoms with E-state index in [1.54, 1.807) is 5.38 Å². The molecule has 0 saturated carbocycles. The van der Waals surface area contributed by atoms with Gasteiger partial charge in [-0.3, -0.25) is 9.59 Å². The van der Waals surface area contributed by atoms with Crippen molar-refractivity contribution < 1.29 is 14.0 Å². The summed E-state index contributed by atoms with van der Waals surface area (Å²) in [6, 6.07) is 17.0. The molecule has 1 fully saturated rings. The van der Waals surface area contributed by atoms with Gasteiger partial charge in [0.05, 0.1) is 5.01 Å². The standard InChI is InChI=1S/C27H25N3O3S/c1-17(2)20-8-4-5-9-21(20)28-25(31)22-16-34-26(29-22)18-11-13-30(14-12-18)27(32)24-15-19-7-3-6-10-23(19)33-24/h3-10,15-16,18H,1,11-14H2,2H3,(H,28,31). The number of carbonyl (C=O) groups excluding carboxylic acids is 2. The SMILES string of the molecule is C=C(C)c1ccccc1NC(=O)c1csc(C2CCN(C(=O)c3cc4ccccc4o3)CC2)n1. The number of allylic oxidation sites excluding steroid dienone is 1. The highest BCUT2D eigenvalue weighted by Crippen LogP contribution is 2.32. The van der Waals surface area contributed by atoms with Crippen LogP contribution in [-0.2, 0) is 0 Å². The lowest BCUT2D eigenvalue weighted by molar-refractivity contribution is 0.0683. The number of carbonyl (C=O) groups is 2. The third kappa shape index (κ3) is 4.39. The van der Waals surface area contributed by atoms with Gasteiger partial charge in [0.25, 0.3) is 11.8 Å². The van der Waals surface area contributed by atoms with Gasteiger partial charge in [-0.2, -0.15) is 0 Å². The quantitative estimate of drug-likeness (QED) is 0.376. The lowest BCUT2D eigenvalue weighted by Gasteiger charge is -2.30. The number of benzene rings is 2. The van der Waals surface area contributed by atoms with Crippen LogP contribution in [0.4, 0.5) is 5.69 Å². The molecule has 0 aliphatic carbocycles. The number of anilines is 1. The van der Waals surface area contributed by atoms with Crippen molar-refractivity contribution in [2.45, 2.75) is 25.7 Å². The van der Waals surface area contributed by atoms with E-state index in [9.17, 15) is 9.59 Å². The Bertz CT molecular complexity index is 1350. The zero-order valence-corrected chi connectivity index (χ0v) is 19.7. The number of rotatable bonds is 5. The van der Waals surface area contributed by atoms with E-state index in [0.29, 0.717) is 24.5 Å². The van der Waals surface area contributed by atoms with Crippen LogP contribution in [0.15, 0.2) is 71.0 Å². The number of nitrogens with zero attached hydrogens (tertiary/aromatic N) is 2. The molecule has 5 rings (SSSR count). The Hall–Kier alpha value is -3.71. The van der Waals surface area contributed by atoms with Gasteiger partial charge in [-0.25, -0.2) is 4.98 Å². The van der Waals surface area contributed by atoms with E-state index < -0.39 is 0 Å². The molecule has 6 nitrogen and oxygen atoms in total. The predicted octanol–water partition coefficient (Wildman–Crippen LogP) is 6.19. The van der Waals surface area contributed by atoms with Gasteiger partial charge >= 0.3 is 0 Å². The number of thiazole rings is 1. The maximum atomic E-state index is 12.9. The Kier molecular flexibility index (Phi) is 6.02. The number of piperidine rings is 1. The zero-order valence-electron chi connectivity index (χ0n) is 18.9. The summed E-state index contributed by atoms with van der Waals surface area (Å²) < 4.78 is 5.74. The molecule has 0 unspecified atom stereocenters. The summed E-state index contributed by atoms with van der Waals surface area (Å²) in [6.07, 6.45) is 1.61. The molecule has 2 amide bonds. The Balaban J connectivity index is 1.21. The highest BCUT2D eigenvalue weighted by Gasteiger charge is 2.28. The number of nitrogens with one attached hydrogen (secondary N) is 1. The molecule has 0 spiro atoms. The van der Waals surface area contributed by atoms with E-state index in [0.717, 1.165) is 45.6 Å². The number of furan rings is 1. The Labute approximate surface area is 201 Å². The number of likely N-dealkylation sites (tertiary alicyclic amines) is 1. The summed E-state index contributed by atoms with van der Waals surface area (Å²) >= 11 is 1.50. The first-order chi connectivity index (χ1) is 16.5. The topological polar surface area (TPSA) is 75.4 Å².